The van der Waals surface area contributed by atoms with Gasteiger partial charge >= 0.3 is 0 Å². The number of halogens is 1. The lowest BCUT2D eigenvalue weighted by molar-refractivity contribution is 0.404. The van der Waals surface area contributed by atoms with E-state index in [4.69, 9.17) is 22.2 Å². The lowest BCUT2D eigenvalue weighted by atomic mass is 10.0. The minimum Gasteiger partial charge on any atom is -0.496 e. The number of benzene rings is 1. The van der Waals surface area contributed by atoms with Crippen LogP contribution in [0.2, 0.25) is 5.02 Å². The Hall–Kier alpha value is -0.720. The number of hydrazine groups is 1. The summed E-state index contributed by atoms with van der Waals surface area (Å²) in [6.45, 7) is 0. The average Bonchev–Trinajstić information content (AvgIpc) is 2.92. The van der Waals surface area contributed by atoms with Gasteiger partial charge in [-0.05, 0) is 42.0 Å². The number of rotatable bonds is 4. The van der Waals surface area contributed by atoms with Gasteiger partial charge < -0.3 is 4.74 Å². The third-order valence-electron chi connectivity index (χ3n) is 3.60. The van der Waals surface area contributed by atoms with E-state index in [1.54, 1.807) is 7.11 Å². The van der Waals surface area contributed by atoms with Gasteiger partial charge in [0.05, 0.1) is 13.2 Å². The first-order valence-corrected chi connectivity index (χ1v) is 9.06. The van der Waals surface area contributed by atoms with E-state index in [9.17, 15) is 0 Å². The lowest BCUT2D eigenvalue weighted by Crippen LogP contribution is -2.28. The van der Waals surface area contributed by atoms with Crippen LogP contribution in [0.1, 0.15) is 26.9 Å². The van der Waals surface area contributed by atoms with Crippen LogP contribution in [-0.4, -0.2) is 12.9 Å². The fourth-order valence-corrected chi connectivity index (χ4v) is 5.20. The van der Waals surface area contributed by atoms with E-state index in [1.807, 2.05) is 41.3 Å². The van der Waals surface area contributed by atoms with Crippen LogP contribution < -0.4 is 16.0 Å². The number of methoxy groups -OCH3 is 1. The van der Waals surface area contributed by atoms with Crippen molar-refractivity contribution in [3.8, 4) is 5.75 Å². The summed E-state index contributed by atoms with van der Waals surface area (Å²) in [4.78, 5) is 2.69. The van der Waals surface area contributed by atoms with Crippen LogP contribution in [0.15, 0.2) is 24.3 Å². The summed E-state index contributed by atoms with van der Waals surface area (Å²) < 4.78 is 5.45. The molecule has 2 heterocycles. The van der Waals surface area contributed by atoms with Crippen LogP contribution in [0.4, 0.5) is 0 Å². The third-order valence-corrected chi connectivity index (χ3v) is 6.15. The van der Waals surface area contributed by atoms with Crippen molar-refractivity contribution in [1.29, 1.82) is 0 Å². The standard InChI is InChI=1S/C15H17ClN2OS2/c1-19-12-3-2-10(16)7-11(12)15(18-17)14-6-9-8-20-5-4-13(9)21-14/h2-3,6-7,15,18H,4-5,8,17H2,1H3. The summed E-state index contributed by atoms with van der Waals surface area (Å²) in [6.07, 6.45) is 1.15. The monoisotopic (exact) mass is 340 g/mol. The van der Waals surface area contributed by atoms with Crippen molar-refractivity contribution >= 4 is 34.7 Å². The molecule has 0 saturated heterocycles. The Morgan fingerprint density at radius 3 is 2.95 bits per heavy atom. The zero-order valence-electron chi connectivity index (χ0n) is 11.7. The summed E-state index contributed by atoms with van der Waals surface area (Å²) >= 11 is 9.96. The van der Waals surface area contributed by atoms with Gasteiger partial charge in [-0.3, -0.25) is 5.84 Å². The molecule has 3 N–H and O–H groups in total. The van der Waals surface area contributed by atoms with E-state index in [0.717, 1.165) is 23.5 Å². The highest BCUT2D eigenvalue weighted by Gasteiger charge is 2.22. The molecule has 0 bridgehead atoms. The molecule has 0 fully saturated rings. The van der Waals surface area contributed by atoms with E-state index >= 15 is 0 Å². The quantitative estimate of drug-likeness (QED) is 0.657. The molecule has 0 saturated carbocycles. The van der Waals surface area contributed by atoms with Crippen molar-refractivity contribution in [1.82, 2.24) is 5.43 Å². The van der Waals surface area contributed by atoms with Crippen LogP contribution in [0.25, 0.3) is 0 Å². The Morgan fingerprint density at radius 2 is 2.24 bits per heavy atom. The first kappa shape index (κ1) is 15.2. The molecule has 0 radical (unpaired) electrons. The number of fused-ring (bicyclic) bond motifs is 1. The maximum Gasteiger partial charge on any atom is 0.124 e. The molecule has 0 amide bonds. The van der Waals surface area contributed by atoms with E-state index in [1.165, 1.54) is 21.1 Å². The van der Waals surface area contributed by atoms with E-state index in [2.05, 4.69) is 11.5 Å². The zero-order valence-corrected chi connectivity index (χ0v) is 14.1. The van der Waals surface area contributed by atoms with Crippen molar-refractivity contribution in [2.45, 2.75) is 18.2 Å². The van der Waals surface area contributed by atoms with E-state index < -0.39 is 0 Å². The molecule has 6 heteroatoms. The van der Waals surface area contributed by atoms with Crippen LogP contribution in [0, 0.1) is 0 Å². The molecule has 21 heavy (non-hydrogen) atoms. The SMILES string of the molecule is COc1ccc(Cl)cc1C(NN)c1cc2c(s1)CCSC2. The molecular formula is C15H17ClN2OS2. The first-order chi connectivity index (χ1) is 10.2. The lowest BCUT2D eigenvalue weighted by Gasteiger charge is -2.18. The normalized spacial score (nSPS) is 15.6. The van der Waals surface area contributed by atoms with Crippen molar-refractivity contribution < 1.29 is 4.74 Å². The number of aryl methyl sites for hydroxylation is 1. The number of ether oxygens (including phenoxy) is 1. The van der Waals surface area contributed by atoms with Gasteiger partial charge in [0.15, 0.2) is 0 Å². The van der Waals surface area contributed by atoms with Crippen LogP contribution >= 0.6 is 34.7 Å². The van der Waals surface area contributed by atoms with Crippen LogP contribution in [0.3, 0.4) is 0 Å². The van der Waals surface area contributed by atoms with Gasteiger partial charge in [0.25, 0.3) is 0 Å². The number of hydrogen-bond acceptors (Lipinski definition) is 5. The minimum atomic E-state index is -0.0979. The van der Waals surface area contributed by atoms with Crippen molar-refractivity contribution in [3.63, 3.8) is 0 Å². The highest BCUT2D eigenvalue weighted by molar-refractivity contribution is 7.98. The fourth-order valence-electron chi connectivity index (χ4n) is 2.57. The topological polar surface area (TPSA) is 47.3 Å². The molecular weight excluding hydrogens is 324 g/mol. The predicted octanol–water partition coefficient (Wildman–Crippen LogP) is 3.75. The fraction of sp³-hybridized carbons (Fsp3) is 0.333. The van der Waals surface area contributed by atoms with E-state index in [-0.39, 0.29) is 6.04 Å². The summed E-state index contributed by atoms with van der Waals surface area (Å²) in [6, 6.07) is 7.79. The van der Waals surface area contributed by atoms with Gasteiger partial charge in [0.1, 0.15) is 5.75 Å². The third kappa shape index (κ3) is 3.07. The predicted molar refractivity (Wildman–Crippen MR) is 91.4 cm³/mol. The molecule has 112 valence electrons. The van der Waals surface area contributed by atoms with Gasteiger partial charge in [-0.15, -0.1) is 11.3 Å². The van der Waals surface area contributed by atoms with E-state index in [0.29, 0.717) is 5.02 Å². The van der Waals surface area contributed by atoms with Crippen molar-refractivity contribution in [3.05, 3.63) is 50.2 Å². The molecule has 3 rings (SSSR count). The first-order valence-electron chi connectivity index (χ1n) is 6.71. The molecule has 1 aromatic heterocycles. The minimum absolute atomic E-state index is 0.0979. The summed E-state index contributed by atoms with van der Waals surface area (Å²) in [7, 11) is 1.66. The van der Waals surface area contributed by atoms with Gasteiger partial charge in [-0.25, -0.2) is 5.43 Å². The van der Waals surface area contributed by atoms with Gasteiger partial charge in [0, 0.05) is 26.1 Å². The molecule has 0 aliphatic carbocycles. The summed E-state index contributed by atoms with van der Waals surface area (Å²) in [5.74, 6) is 8.91. The van der Waals surface area contributed by atoms with Gasteiger partial charge in [-0.1, -0.05) is 11.6 Å². The molecule has 0 spiro atoms. The number of nitrogens with two attached hydrogens (primary N) is 1. The largest absolute Gasteiger partial charge is 0.496 e. The molecule has 1 aliphatic heterocycles. The molecule has 2 aromatic rings. The number of nitrogens with one attached hydrogen (secondary N) is 1. The van der Waals surface area contributed by atoms with Gasteiger partial charge in [0.2, 0.25) is 0 Å². The maximum atomic E-state index is 6.14. The molecule has 3 nitrogen and oxygen atoms in total. The van der Waals surface area contributed by atoms with Crippen LogP contribution in [0.5, 0.6) is 5.75 Å². The molecule has 1 aromatic carbocycles. The highest BCUT2D eigenvalue weighted by atomic mass is 35.5. The molecule has 1 atom stereocenters. The zero-order chi connectivity index (χ0) is 14.8. The Kier molecular flexibility index (Phi) is 4.76. The Balaban J connectivity index is 2.02. The second-order valence-corrected chi connectivity index (χ2v) is 7.60. The van der Waals surface area contributed by atoms with Gasteiger partial charge in [-0.2, -0.15) is 11.8 Å². The maximum absolute atomic E-state index is 6.14. The van der Waals surface area contributed by atoms with Crippen molar-refractivity contribution in [2.75, 3.05) is 12.9 Å². The number of thioether (sulfide) groups is 1. The Labute approximate surface area is 137 Å². The molecule has 1 aliphatic rings. The molecule has 1 unspecified atom stereocenters. The summed E-state index contributed by atoms with van der Waals surface area (Å²) in [5, 5.41) is 0.683. The van der Waals surface area contributed by atoms with Crippen LogP contribution in [-0.2, 0) is 12.2 Å². The Bertz CT molecular complexity index is 621. The summed E-state index contributed by atoms with van der Waals surface area (Å²) in [5.41, 5.74) is 5.32. The number of hydrogen-bond donors (Lipinski definition) is 2. The van der Waals surface area contributed by atoms with Crippen molar-refractivity contribution in [2.24, 2.45) is 5.84 Å². The number of thiophene rings is 1. The second-order valence-electron chi connectivity index (χ2n) is 4.89. The Morgan fingerprint density at radius 1 is 1.38 bits per heavy atom. The second kappa shape index (κ2) is 6.58. The highest BCUT2D eigenvalue weighted by Crippen LogP contribution is 2.39. The smallest absolute Gasteiger partial charge is 0.124 e. The average molecular weight is 341 g/mol.